The number of hydrogen-bond donors (Lipinski definition) is 5. The second-order valence-corrected chi connectivity index (χ2v) is 20.6. The van der Waals surface area contributed by atoms with Gasteiger partial charge in [-0.15, -0.1) is 47.0 Å². The highest BCUT2D eigenvalue weighted by Crippen LogP contribution is 2.45. The van der Waals surface area contributed by atoms with E-state index >= 15 is 0 Å². The highest BCUT2D eigenvalue weighted by Gasteiger charge is 2.35. The summed E-state index contributed by atoms with van der Waals surface area (Å²) in [6.45, 7) is 9.99. The Morgan fingerprint density at radius 3 is 2.04 bits per heavy atom. The molecule has 13 nitrogen and oxygen atoms in total. The number of benzene rings is 3. The number of aromatic nitrogens is 2. The molecule has 2 fully saturated rings. The Morgan fingerprint density at radius 2 is 1.43 bits per heavy atom. The first-order valence-electron chi connectivity index (χ1n) is 18.2. The van der Waals surface area contributed by atoms with Gasteiger partial charge in [0.15, 0.2) is 0 Å². The summed E-state index contributed by atoms with van der Waals surface area (Å²) in [6, 6.07) is 20.3. The minimum absolute atomic E-state index is 0.0563. The summed E-state index contributed by atoms with van der Waals surface area (Å²) in [6.07, 6.45) is -0.680. The van der Waals surface area contributed by atoms with Crippen LogP contribution in [0.4, 0.5) is 16.2 Å². The maximum Gasteiger partial charge on any atom is 0.405 e. The molecule has 0 spiro atoms. The number of nitrogens with one attached hydrogen (secondary N) is 4. The van der Waals surface area contributed by atoms with Crippen LogP contribution in [0, 0.1) is 0 Å². The number of anilines is 1. The van der Waals surface area contributed by atoms with Gasteiger partial charge in [0, 0.05) is 49.2 Å². The standard InChI is InChI=1S/C39H46N8O5S4/c1-38(53-14-15-54-38)23-46(36(50)21-43-37(51)52)13-12-42-30-10-8-28(18-32(30)40-3)26-4-6-27(7-5-26)29-9-11-31-33(19-29)45-34(44-31)22-47(35(49)20-41-25-48)24-39(2)55-16-17-56-39/h4-11,18-19,25,42-43H,3,12-17,20-24H2,1-2H3,(H,41,48)(H,44,45)(H,51,52). The molecular weight excluding hydrogens is 789 g/mol. The lowest BCUT2D eigenvalue weighted by molar-refractivity contribution is -0.132. The third-order valence-electron chi connectivity index (χ3n) is 9.47. The van der Waals surface area contributed by atoms with Crippen molar-refractivity contribution in [3.05, 3.63) is 66.5 Å². The third kappa shape index (κ3) is 10.7. The molecule has 5 N–H and O–H groups in total. The molecule has 2 aliphatic heterocycles. The van der Waals surface area contributed by atoms with Gasteiger partial charge >= 0.3 is 6.09 Å². The maximum absolute atomic E-state index is 13.1. The summed E-state index contributed by atoms with van der Waals surface area (Å²) < 4.78 is -0.236. The number of imidazole rings is 1. The van der Waals surface area contributed by atoms with E-state index in [9.17, 15) is 19.2 Å². The molecule has 1 aromatic heterocycles. The largest absolute Gasteiger partial charge is 0.465 e. The van der Waals surface area contributed by atoms with Crippen LogP contribution in [0.5, 0.6) is 0 Å². The van der Waals surface area contributed by atoms with Gasteiger partial charge in [-0.3, -0.25) is 19.4 Å². The summed E-state index contributed by atoms with van der Waals surface area (Å²) in [5.74, 6) is 4.40. The molecule has 0 unspecified atom stereocenters. The van der Waals surface area contributed by atoms with Crippen LogP contribution < -0.4 is 16.0 Å². The lowest BCUT2D eigenvalue weighted by atomic mass is 9.99. The van der Waals surface area contributed by atoms with Gasteiger partial charge in [0.05, 0.1) is 43.7 Å². The molecule has 0 radical (unpaired) electrons. The molecule has 0 bridgehead atoms. The van der Waals surface area contributed by atoms with Crippen LogP contribution in [-0.4, -0.2) is 126 Å². The maximum atomic E-state index is 13.1. The van der Waals surface area contributed by atoms with Crippen LogP contribution in [0.3, 0.4) is 0 Å². The smallest absolute Gasteiger partial charge is 0.405 e. The quantitative estimate of drug-likeness (QED) is 0.0571. The Kier molecular flexibility index (Phi) is 13.8. The van der Waals surface area contributed by atoms with Gasteiger partial charge in [-0.05, 0) is 67.1 Å². The average molecular weight is 835 g/mol. The van der Waals surface area contributed by atoms with Crippen LogP contribution in [0.2, 0.25) is 0 Å². The molecule has 3 heterocycles. The van der Waals surface area contributed by atoms with Gasteiger partial charge in [-0.25, -0.2) is 9.78 Å². The number of nitrogens with zero attached hydrogens (tertiary/aromatic N) is 4. The zero-order valence-electron chi connectivity index (χ0n) is 31.3. The number of amides is 4. The average Bonchev–Trinajstić information content (AvgIpc) is 3.94. The van der Waals surface area contributed by atoms with Crippen molar-refractivity contribution in [3.8, 4) is 22.3 Å². The second kappa shape index (κ2) is 18.7. The number of H-pyrrole nitrogens is 1. The number of rotatable bonds is 18. The monoisotopic (exact) mass is 834 g/mol. The number of thioether (sulfide) groups is 4. The van der Waals surface area contributed by atoms with Gasteiger partial charge in [-0.1, -0.05) is 36.4 Å². The molecule has 2 aliphatic rings. The van der Waals surface area contributed by atoms with Crippen molar-refractivity contribution in [1.82, 2.24) is 30.4 Å². The van der Waals surface area contributed by atoms with E-state index in [1.807, 2.05) is 77.4 Å². The number of fused-ring (bicyclic) bond motifs is 1. The minimum Gasteiger partial charge on any atom is -0.465 e. The van der Waals surface area contributed by atoms with Gasteiger partial charge in [0.2, 0.25) is 18.2 Å². The molecule has 2 saturated heterocycles. The first kappa shape index (κ1) is 41.3. The molecule has 3 aromatic carbocycles. The summed E-state index contributed by atoms with van der Waals surface area (Å²) in [5.41, 5.74) is 7.19. The van der Waals surface area contributed by atoms with Crippen LogP contribution in [0.1, 0.15) is 19.7 Å². The van der Waals surface area contributed by atoms with E-state index in [1.54, 1.807) is 9.80 Å². The lowest BCUT2D eigenvalue weighted by Gasteiger charge is -2.31. The van der Waals surface area contributed by atoms with Crippen molar-refractivity contribution in [2.75, 3.05) is 67.6 Å². The fraction of sp³-hybridized carbons (Fsp3) is 0.385. The summed E-state index contributed by atoms with van der Waals surface area (Å²) in [5, 5.41) is 17.1. The van der Waals surface area contributed by atoms with Crippen LogP contribution >= 0.6 is 47.0 Å². The zero-order chi connectivity index (χ0) is 39.7. The number of carboxylic acid groups (broad SMARTS) is 1. The van der Waals surface area contributed by atoms with Crippen LogP contribution in [-0.2, 0) is 20.9 Å². The van der Waals surface area contributed by atoms with E-state index in [4.69, 9.17) is 10.1 Å². The zero-order valence-corrected chi connectivity index (χ0v) is 34.6. The van der Waals surface area contributed by atoms with Gasteiger partial charge in [0.1, 0.15) is 12.4 Å². The second-order valence-electron chi connectivity index (χ2n) is 13.7. The van der Waals surface area contributed by atoms with Crippen molar-refractivity contribution < 1.29 is 24.3 Å². The number of aromatic amines is 1. The predicted octanol–water partition coefficient (Wildman–Crippen LogP) is 6.20. The molecule has 0 aliphatic carbocycles. The Balaban J connectivity index is 1.10. The molecule has 4 amide bonds. The van der Waals surface area contributed by atoms with Crippen molar-refractivity contribution >= 4 is 100 Å². The Morgan fingerprint density at radius 1 is 0.857 bits per heavy atom. The molecule has 0 atom stereocenters. The van der Waals surface area contributed by atoms with Crippen molar-refractivity contribution in [1.29, 1.82) is 0 Å². The van der Waals surface area contributed by atoms with Crippen molar-refractivity contribution in [2.45, 2.75) is 28.6 Å². The number of carbonyl (C=O) groups is 4. The Hall–Kier alpha value is -4.32. The first-order chi connectivity index (χ1) is 27.0. The summed E-state index contributed by atoms with van der Waals surface area (Å²) >= 11 is 7.35. The third-order valence-corrected chi connectivity index (χ3v) is 16.0. The van der Waals surface area contributed by atoms with Gasteiger partial charge in [0.25, 0.3) is 0 Å². The van der Waals surface area contributed by atoms with Gasteiger partial charge in [-0.2, -0.15) is 0 Å². The molecule has 296 valence electrons. The predicted molar refractivity (Wildman–Crippen MR) is 233 cm³/mol. The SMILES string of the molecule is C=Nc1cc(-c2ccc(-c3ccc4nc(CN(CC5(C)SCCS5)C(=O)CNC=O)[nH]c4c3)cc2)ccc1NCCN(CC1(C)SCCS1)C(=O)CNC(=O)O. The van der Waals surface area contributed by atoms with Crippen LogP contribution in [0.15, 0.2) is 65.7 Å². The van der Waals surface area contributed by atoms with E-state index in [-0.39, 0.29) is 33.1 Å². The van der Waals surface area contributed by atoms with Gasteiger partial charge < -0.3 is 35.8 Å². The highest BCUT2D eigenvalue weighted by molar-refractivity contribution is 8.21. The Bertz CT molecular complexity index is 2050. The molecule has 4 aromatic rings. The van der Waals surface area contributed by atoms with E-state index in [1.165, 1.54) is 0 Å². The minimum atomic E-state index is -1.22. The molecule has 0 saturated carbocycles. The molecule has 17 heteroatoms. The van der Waals surface area contributed by atoms with E-state index in [0.717, 1.165) is 62.0 Å². The van der Waals surface area contributed by atoms with E-state index in [0.29, 0.717) is 50.6 Å². The van der Waals surface area contributed by atoms with E-state index in [2.05, 4.69) is 76.8 Å². The molecule has 6 rings (SSSR count). The summed E-state index contributed by atoms with van der Waals surface area (Å²) in [7, 11) is 0. The Labute approximate surface area is 343 Å². The molecular formula is C39H46N8O5S4. The topological polar surface area (TPSA) is 172 Å². The van der Waals surface area contributed by atoms with E-state index < -0.39 is 6.09 Å². The number of aliphatic imine (C=N–C) groups is 1. The fourth-order valence-corrected chi connectivity index (χ4v) is 12.4. The van der Waals surface area contributed by atoms with Crippen LogP contribution in [0.25, 0.3) is 33.3 Å². The van der Waals surface area contributed by atoms with Crippen molar-refractivity contribution in [2.24, 2.45) is 4.99 Å². The molecule has 56 heavy (non-hydrogen) atoms. The highest BCUT2D eigenvalue weighted by atomic mass is 32.2. The summed E-state index contributed by atoms with van der Waals surface area (Å²) in [4.78, 5) is 63.9. The normalized spacial score (nSPS) is 15.6. The number of hydrogen-bond acceptors (Lipinski definition) is 11. The first-order valence-corrected chi connectivity index (χ1v) is 22.1. The fourth-order valence-electron chi connectivity index (χ4n) is 6.69. The lowest BCUT2D eigenvalue weighted by Crippen LogP contribution is -2.46. The number of carbonyl (C=O) groups excluding carboxylic acids is 3. The van der Waals surface area contributed by atoms with Crippen molar-refractivity contribution in [3.63, 3.8) is 0 Å².